The number of aromatic amines is 1. The number of pyridine rings is 1. The lowest BCUT2D eigenvalue weighted by Gasteiger charge is -2.35. The molecule has 0 saturated heterocycles. The standard InChI is InChI=1S/C30H37FN10O2/c1-5-32-28(42)17-40(20(4)23-10-11-27(33-14-23)41-16-24(31)15-34-41)30(43)22-8-6-21(7-9-22)29-35-18(2)12-25(37-29)36-26-13-19(3)38-39-26/h10-16,20-22H,5-9,17H2,1-4H3,(H,32,42)(H2,35,36,37,38,39). The molecule has 0 aromatic carbocycles. The Morgan fingerprint density at radius 2 is 1.91 bits per heavy atom. The van der Waals surface area contributed by atoms with Gasteiger partial charge in [0, 0.05) is 48.1 Å². The molecule has 0 aliphatic heterocycles. The number of rotatable bonds is 10. The molecule has 1 saturated carbocycles. The van der Waals surface area contributed by atoms with E-state index in [2.05, 4.69) is 30.9 Å². The molecule has 1 fully saturated rings. The van der Waals surface area contributed by atoms with E-state index in [1.54, 1.807) is 17.2 Å². The summed E-state index contributed by atoms with van der Waals surface area (Å²) in [5.74, 6) is 1.77. The third-order valence-electron chi connectivity index (χ3n) is 7.75. The molecule has 5 rings (SSSR count). The molecule has 0 bridgehead atoms. The van der Waals surface area contributed by atoms with E-state index in [1.807, 2.05) is 45.9 Å². The van der Waals surface area contributed by atoms with Crippen molar-refractivity contribution in [1.82, 2.24) is 45.1 Å². The molecule has 4 heterocycles. The minimum atomic E-state index is -0.456. The Balaban J connectivity index is 1.27. The summed E-state index contributed by atoms with van der Waals surface area (Å²) in [6.07, 6.45) is 6.86. The molecule has 3 N–H and O–H groups in total. The average molecular weight is 589 g/mol. The summed E-state index contributed by atoms with van der Waals surface area (Å²) in [5.41, 5.74) is 2.58. The fraction of sp³-hybridized carbons (Fsp3) is 0.433. The van der Waals surface area contributed by atoms with Crippen molar-refractivity contribution in [2.75, 3.05) is 18.4 Å². The first-order valence-corrected chi connectivity index (χ1v) is 14.6. The number of amides is 2. The van der Waals surface area contributed by atoms with Crippen LogP contribution in [-0.2, 0) is 9.59 Å². The smallest absolute Gasteiger partial charge is 0.239 e. The molecule has 1 aliphatic rings. The van der Waals surface area contributed by atoms with Crippen LogP contribution in [0.4, 0.5) is 16.0 Å². The monoisotopic (exact) mass is 588 g/mol. The first-order valence-electron chi connectivity index (χ1n) is 14.6. The number of likely N-dealkylation sites (N-methyl/N-ethyl adjacent to an activating group) is 1. The van der Waals surface area contributed by atoms with Gasteiger partial charge in [0.25, 0.3) is 0 Å². The minimum Gasteiger partial charge on any atom is -0.355 e. The number of hydrogen-bond donors (Lipinski definition) is 3. The fourth-order valence-corrected chi connectivity index (χ4v) is 5.48. The first kappa shape index (κ1) is 29.8. The summed E-state index contributed by atoms with van der Waals surface area (Å²) >= 11 is 0. The van der Waals surface area contributed by atoms with E-state index >= 15 is 0 Å². The Kier molecular flexibility index (Phi) is 9.07. The third kappa shape index (κ3) is 7.22. The first-order chi connectivity index (χ1) is 20.7. The molecule has 0 radical (unpaired) electrons. The van der Waals surface area contributed by atoms with E-state index in [0.29, 0.717) is 36.8 Å². The number of carbonyl (C=O) groups excluding carboxylic acids is 2. The van der Waals surface area contributed by atoms with E-state index in [-0.39, 0.29) is 30.2 Å². The second-order valence-corrected chi connectivity index (χ2v) is 11.0. The number of carbonyl (C=O) groups is 2. The Morgan fingerprint density at radius 3 is 2.53 bits per heavy atom. The molecule has 1 atom stereocenters. The van der Waals surface area contributed by atoms with Crippen LogP contribution in [0.15, 0.2) is 42.9 Å². The Labute approximate surface area is 249 Å². The molecular weight excluding hydrogens is 551 g/mol. The summed E-state index contributed by atoms with van der Waals surface area (Å²) in [4.78, 5) is 42.1. The van der Waals surface area contributed by atoms with E-state index < -0.39 is 11.9 Å². The van der Waals surface area contributed by atoms with Crippen LogP contribution in [0.1, 0.15) is 74.3 Å². The predicted octanol–water partition coefficient (Wildman–Crippen LogP) is 4.28. The van der Waals surface area contributed by atoms with Gasteiger partial charge in [-0.05, 0) is 65.0 Å². The summed E-state index contributed by atoms with van der Waals surface area (Å²) < 4.78 is 14.7. The van der Waals surface area contributed by atoms with Gasteiger partial charge in [-0.2, -0.15) is 10.2 Å². The van der Waals surface area contributed by atoms with Crippen molar-refractivity contribution in [3.8, 4) is 5.82 Å². The lowest BCUT2D eigenvalue weighted by atomic mass is 9.80. The van der Waals surface area contributed by atoms with Crippen molar-refractivity contribution in [2.45, 2.75) is 65.3 Å². The fourth-order valence-electron chi connectivity index (χ4n) is 5.48. The van der Waals surface area contributed by atoms with Crippen molar-refractivity contribution < 1.29 is 14.0 Å². The van der Waals surface area contributed by atoms with Crippen LogP contribution in [0.25, 0.3) is 5.82 Å². The molecule has 13 heteroatoms. The number of anilines is 2. The molecule has 1 aliphatic carbocycles. The Hall–Kier alpha value is -4.68. The highest BCUT2D eigenvalue weighted by atomic mass is 19.1. The largest absolute Gasteiger partial charge is 0.355 e. The highest BCUT2D eigenvalue weighted by Crippen LogP contribution is 2.37. The highest BCUT2D eigenvalue weighted by Gasteiger charge is 2.34. The van der Waals surface area contributed by atoms with Crippen molar-refractivity contribution in [2.24, 2.45) is 5.92 Å². The van der Waals surface area contributed by atoms with Crippen molar-refractivity contribution in [3.63, 3.8) is 0 Å². The maximum Gasteiger partial charge on any atom is 0.239 e. The van der Waals surface area contributed by atoms with Crippen molar-refractivity contribution in [3.05, 3.63) is 71.4 Å². The van der Waals surface area contributed by atoms with Gasteiger partial charge in [0.15, 0.2) is 17.5 Å². The van der Waals surface area contributed by atoms with Gasteiger partial charge in [0.1, 0.15) is 18.2 Å². The average Bonchev–Trinajstić information content (AvgIpc) is 3.62. The molecular formula is C30H37FN10O2. The quantitative estimate of drug-likeness (QED) is 0.249. The molecule has 4 aromatic rings. The van der Waals surface area contributed by atoms with Crippen LogP contribution >= 0.6 is 0 Å². The van der Waals surface area contributed by atoms with Crippen LogP contribution < -0.4 is 10.6 Å². The molecule has 1 unspecified atom stereocenters. The lowest BCUT2D eigenvalue weighted by Crippen LogP contribution is -2.45. The van der Waals surface area contributed by atoms with E-state index in [4.69, 9.17) is 9.97 Å². The molecule has 2 amide bonds. The van der Waals surface area contributed by atoms with E-state index in [0.717, 1.165) is 41.8 Å². The van der Waals surface area contributed by atoms with Gasteiger partial charge in [-0.25, -0.2) is 24.0 Å². The second kappa shape index (κ2) is 13.1. The predicted molar refractivity (Wildman–Crippen MR) is 158 cm³/mol. The second-order valence-electron chi connectivity index (χ2n) is 11.0. The Bertz CT molecular complexity index is 1560. The summed E-state index contributed by atoms with van der Waals surface area (Å²) in [6, 6.07) is 6.94. The molecule has 4 aromatic heterocycles. The van der Waals surface area contributed by atoms with Gasteiger partial charge in [-0.15, -0.1) is 0 Å². The third-order valence-corrected chi connectivity index (χ3v) is 7.75. The summed E-state index contributed by atoms with van der Waals surface area (Å²) in [7, 11) is 0. The summed E-state index contributed by atoms with van der Waals surface area (Å²) in [6.45, 7) is 8.04. The maximum absolute atomic E-state index is 13.9. The van der Waals surface area contributed by atoms with E-state index in [1.165, 1.54) is 10.9 Å². The van der Waals surface area contributed by atoms with Gasteiger partial charge in [-0.1, -0.05) is 6.07 Å². The molecule has 12 nitrogen and oxygen atoms in total. The van der Waals surface area contributed by atoms with Crippen LogP contribution in [0, 0.1) is 25.6 Å². The number of hydrogen-bond acceptors (Lipinski definition) is 8. The maximum atomic E-state index is 13.9. The lowest BCUT2D eigenvalue weighted by molar-refractivity contribution is -0.142. The number of aryl methyl sites for hydroxylation is 2. The number of halogens is 1. The van der Waals surface area contributed by atoms with Gasteiger partial charge in [0.2, 0.25) is 11.8 Å². The number of H-pyrrole nitrogens is 1. The molecule has 226 valence electrons. The molecule has 43 heavy (non-hydrogen) atoms. The van der Waals surface area contributed by atoms with Crippen LogP contribution in [0.5, 0.6) is 0 Å². The number of nitrogens with one attached hydrogen (secondary N) is 3. The molecule has 0 spiro atoms. The van der Waals surface area contributed by atoms with Crippen LogP contribution in [0.3, 0.4) is 0 Å². The zero-order valence-corrected chi connectivity index (χ0v) is 24.8. The van der Waals surface area contributed by atoms with Crippen molar-refractivity contribution in [1.29, 1.82) is 0 Å². The summed E-state index contributed by atoms with van der Waals surface area (Å²) in [5, 5.41) is 17.1. The highest BCUT2D eigenvalue weighted by molar-refractivity contribution is 5.86. The topological polar surface area (TPSA) is 147 Å². The van der Waals surface area contributed by atoms with Gasteiger partial charge >= 0.3 is 0 Å². The zero-order valence-electron chi connectivity index (χ0n) is 24.8. The van der Waals surface area contributed by atoms with Gasteiger partial charge in [-0.3, -0.25) is 14.7 Å². The Morgan fingerprint density at radius 1 is 1.12 bits per heavy atom. The van der Waals surface area contributed by atoms with Crippen LogP contribution in [0.2, 0.25) is 0 Å². The number of nitrogens with zero attached hydrogens (tertiary/aromatic N) is 7. The van der Waals surface area contributed by atoms with Crippen LogP contribution in [-0.4, -0.2) is 64.7 Å². The minimum absolute atomic E-state index is 0.0530. The van der Waals surface area contributed by atoms with Gasteiger partial charge < -0.3 is 15.5 Å². The SMILES string of the molecule is CCNC(=O)CN(C(=O)C1CCC(c2nc(C)cc(Nc3cc(C)[nH]n3)n2)CC1)C(C)c1ccc(-n2cc(F)cn2)nc1. The zero-order chi connectivity index (χ0) is 30.5. The normalized spacial score (nSPS) is 17.3. The van der Waals surface area contributed by atoms with Crippen molar-refractivity contribution >= 4 is 23.5 Å². The van der Waals surface area contributed by atoms with Gasteiger partial charge in [0.05, 0.1) is 18.4 Å². The van der Waals surface area contributed by atoms with E-state index in [9.17, 15) is 14.0 Å². The number of aromatic nitrogens is 7.